The lowest BCUT2D eigenvalue weighted by Crippen LogP contribution is -2.46. The fourth-order valence-electron chi connectivity index (χ4n) is 5.92. The number of carbonyl (C=O) groups is 1. The van der Waals surface area contributed by atoms with Gasteiger partial charge >= 0.3 is 6.03 Å². The molecule has 1 aliphatic rings. The Bertz CT molecular complexity index is 2050. The topological polar surface area (TPSA) is 119 Å². The van der Waals surface area contributed by atoms with Crippen molar-refractivity contribution in [3.63, 3.8) is 0 Å². The summed E-state index contributed by atoms with van der Waals surface area (Å²) in [5.41, 5.74) is 2.10. The highest BCUT2D eigenvalue weighted by atomic mass is 35.5. The predicted molar refractivity (Wildman–Crippen MR) is 175 cm³/mol. The van der Waals surface area contributed by atoms with Crippen LogP contribution in [0.3, 0.4) is 0 Å². The summed E-state index contributed by atoms with van der Waals surface area (Å²) in [7, 11) is -4.13. The van der Waals surface area contributed by atoms with Gasteiger partial charge in [-0.1, -0.05) is 60.1 Å². The average molecular weight is 648 g/mol. The van der Waals surface area contributed by atoms with Crippen molar-refractivity contribution in [3.05, 3.63) is 89.1 Å². The van der Waals surface area contributed by atoms with Crippen molar-refractivity contribution >= 4 is 49.2 Å². The zero-order chi connectivity index (χ0) is 31.9. The van der Waals surface area contributed by atoms with Gasteiger partial charge in [0.05, 0.1) is 34.7 Å². The molecule has 3 N–H and O–H groups in total. The summed E-state index contributed by atoms with van der Waals surface area (Å²) in [4.78, 5) is 12.6. The lowest BCUT2D eigenvalue weighted by atomic mass is 10.0. The number of carbonyl (C=O) groups excluding carboxylic acids is 1. The molecule has 4 aromatic carbocycles. The molecule has 11 heteroatoms. The maximum absolute atomic E-state index is 12.8. The van der Waals surface area contributed by atoms with Crippen molar-refractivity contribution in [1.82, 2.24) is 14.6 Å². The van der Waals surface area contributed by atoms with Gasteiger partial charge in [-0.15, -0.1) is 0 Å². The van der Waals surface area contributed by atoms with Gasteiger partial charge < -0.3 is 19.9 Å². The standard InChI is InChI=1S/C34H34ClN3O6S/c1-4-43-30-23-10-6-7-11-24(23)31(44-5-2)29-25(30)20-38(32(29)39)27-15-14-22(18-21(27)3)19-34(16-17-34)36-33(40)37-45(41,42)28-13-9-8-12-26(28)35/h6-15,18,20,39H,4-5,16-17,19H2,1-3H3,(H2,36,37,40). The number of hydrogen-bond acceptors (Lipinski definition) is 6. The van der Waals surface area contributed by atoms with E-state index in [1.807, 2.05) is 69.4 Å². The smallest absolute Gasteiger partial charge is 0.329 e. The minimum atomic E-state index is -4.13. The molecular weight excluding hydrogens is 614 g/mol. The maximum Gasteiger partial charge on any atom is 0.329 e. The summed E-state index contributed by atoms with van der Waals surface area (Å²) in [6.07, 6.45) is 3.82. The van der Waals surface area contributed by atoms with E-state index in [1.54, 1.807) is 16.7 Å². The number of benzene rings is 4. The summed E-state index contributed by atoms with van der Waals surface area (Å²) in [5, 5.41) is 17.6. The normalized spacial score (nSPS) is 14.0. The quantitative estimate of drug-likeness (QED) is 0.150. The number of hydrogen-bond donors (Lipinski definition) is 3. The number of nitrogens with zero attached hydrogens (tertiary/aromatic N) is 1. The zero-order valence-electron chi connectivity index (χ0n) is 25.2. The van der Waals surface area contributed by atoms with Gasteiger partial charge in [0.25, 0.3) is 10.0 Å². The summed E-state index contributed by atoms with van der Waals surface area (Å²) in [5.74, 6) is 1.34. The molecule has 1 saturated carbocycles. The Kier molecular flexibility index (Phi) is 8.05. The van der Waals surface area contributed by atoms with E-state index in [0.717, 1.165) is 33.0 Å². The molecule has 234 valence electrons. The van der Waals surface area contributed by atoms with Crippen LogP contribution in [0.2, 0.25) is 5.02 Å². The second-order valence-electron chi connectivity index (χ2n) is 11.2. The molecular formula is C34H34ClN3O6S. The molecule has 0 spiro atoms. The third kappa shape index (κ3) is 5.76. The van der Waals surface area contributed by atoms with E-state index in [4.69, 9.17) is 21.1 Å². The molecule has 0 saturated heterocycles. The molecule has 9 nitrogen and oxygen atoms in total. The Labute approximate surface area is 266 Å². The van der Waals surface area contributed by atoms with Crippen LogP contribution in [0.5, 0.6) is 17.4 Å². The third-order valence-corrected chi connectivity index (χ3v) is 9.92. The minimum absolute atomic E-state index is 0.0348. The molecule has 1 aromatic heterocycles. The minimum Gasteiger partial charge on any atom is -0.494 e. The van der Waals surface area contributed by atoms with E-state index in [9.17, 15) is 18.3 Å². The van der Waals surface area contributed by atoms with Crippen LogP contribution in [0.25, 0.3) is 27.2 Å². The number of urea groups is 1. The van der Waals surface area contributed by atoms with Crippen molar-refractivity contribution in [1.29, 1.82) is 0 Å². The lowest BCUT2D eigenvalue weighted by molar-refractivity contribution is 0.240. The Hall–Kier alpha value is -4.41. The van der Waals surface area contributed by atoms with E-state index in [-0.39, 0.29) is 15.8 Å². The van der Waals surface area contributed by atoms with Crippen molar-refractivity contribution in [3.8, 4) is 23.1 Å². The van der Waals surface area contributed by atoms with Gasteiger partial charge in [-0.3, -0.25) is 4.57 Å². The van der Waals surface area contributed by atoms with Crippen LogP contribution in [0.15, 0.2) is 77.8 Å². The fourth-order valence-corrected chi connectivity index (χ4v) is 7.35. The third-order valence-electron chi connectivity index (χ3n) is 8.09. The van der Waals surface area contributed by atoms with E-state index in [2.05, 4.69) is 10.0 Å². The number of halogens is 1. The Morgan fingerprint density at radius 1 is 0.956 bits per heavy atom. The molecule has 45 heavy (non-hydrogen) atoms. The summed E-state index contributed by atoms with van der Waals surface area (Å²) >= 11 is 6.04. The van der Waals surface area contributed by atoms with Crippen LogP contribution in [-0.4, -0.2) is 42.9 Å². The molecule has 2 amide bonds. The van der Waals surface area contributed by atoms with Gasteiger partial charge in [-0.2, -0.15) is 0 Å². The number of amides is 2. The van der Waals surface area contributed by atoms with E-state index in [1.165, 1.54) is 12.1 Å². The van der Waals surface area contributed by atoms with Crippen molar-refractivity contribution < 1.29 is 27.8 Å². The molecule has 0 aliphatic heterocycles. The number of aryl methyl sites for hydroxylation is 1. The largest absolute Gasteiger partial charge is 0.494 e. The van der Waals surface area contributed by atoms with E-state index >= 15 is 0 Å². The second-order valence-corrected chi connectivity index (χ2v) is 13.3. The zero-order valence-corrected chi connectivity index (χ0v) is 26.8. The number of rotatable bonds is 10. The molecule has 0 bridgehead atoms. The average Bonchev–Trinajstić information content (AvgIpc) is 3.66. The number of aromatic nitrogens is 1. The number of sulfonamides is 1. The fraction of sp³-hybridized carbons (Fsp3) is 0.265. The first-order chi connectivity index (χ1) is 21.6. The maximum atomic E-state index is 12.8. The number of nitrogens with one attached hydrogen (secondary N) is 2. The predicted octanol–water partition coefficient (Wildman–Crippen LogP) is 7.01. The molecule has 0 radical (unpaired) electrons. The SMILES string of the molecule is CCOc1c2ccccc2c(OCC)c2c(O)n(-c3ccc(CC4(NC(=O)NS(=O)(=O)c5ccccc5Cl)CC4)cc3C)cc12. The highest BCUT2D eigenvalue weighted by Gasteiger charge is 2.44. The van der Waals surface area contributed by atoms with Crippen LogP contribution in [0, 0.1) is 6.92 Å². The van der Waals surface area contributed by atoms with Crippen molar-refractivity contribution in [2.24, 2.45) is 0 Å². The first kappa shape index (κ1) is 30.6. The van der Waals surface area contributed by atoms with Gasteiger partial charge in [0.1, 0.15) is 16.4 Å². The summed E-state index contributed by atoms with van der Waals surface area (Å²) in [6.45, 7) is 6.70. The Morgan fingerprint density at radius 3 is 2.24 bits per heavy atom. The Morgan fingerprint density at radius 2 is 1.60 bits per heavy atom. The van der Waals surface area contributed by atoms with Crippen LogP contribution >= 0.6 is 11.6 Å². The van der Waals surface area contributed by atoms with Crippen molar-refractivity contribution in [2.75, 3.05) is 13.2 Å². The van der Waals surface area contributed by atoms with Crippen LogP contribution in [0.1, 0.15) is 37.8 Å². The van der Waals surface area contributed by atoms with Gasteiger partial charge in [-0.05, 0) is 69.4 Å². The highest BCUT2D eigenvalue weighted by molar-refractivity contribution is 7.90. The van der Waals surface area contributed by atoms with Crippen LogP contribution in [-0.2, 0) is 16.4 Å². The monoisotopic (exact) mass is 647 g/mol. The first-order valence-corrected chi connectivity index (χ1v) is 16.7. The van der Waals surface area contributed by atoms with Gasteiger partial charge in [0, 0.05) is 22.5 Å². The lowest BCUT2D eigenvalue weighted by Gasteiger charge is -2.19. The molecule has 1 heterocycles. The van der Waals surface area contributed by atoms with Crippen molar-refractivity contribution in [2.45, 2.75) is 50.5 Å². The van der Waals surface area contributed by atoms with E-state index in [0.29, 0.717) is 49.4 Å². The number of fused-ring (bicyclic) bond motifs is 2. The summed E-state index contributed by atoms with van der Waals surface area (Å²) in [6, 6.07) is 18.9. The second kappa shape index (κ2) is 11.8. The van der Waals surface area contributed by atoms with Gasteiger partial charge in [0.2, 0.25) is 5.88 Å². The molecule has 6 rings (SSSR count). The van der Waals surface area contributed by atoms with Crippen LogP contribution < -0.4 is 19.5 Å². The molecule has 1 aliphatic carbocycles. The molecule has 1 fully saturated rings. The number of ether oxygens (including phenoxy) is 2. The first-order valence-electron chi connectivity index (χ1n) is 14.8. The van der Waals surface area contributed by atoms with Gasteiger partial charge in [-0.25, -0.2) is 17.9 Å². The molecule has 0 atom stereocenters. The molecule has 5 aromatic rings. The van der Waals surface area contributed by atoms with E-state index < -0.39 is 21.6 Å². The highest BCUT2D eigenvalue weighted by Crippen LogP contribution is 2.48. The number of aromatic hydroxyl groups is 1. The van der Waals surface area contributed by atoms with Gasteiger partial charge in [0.15, 0.2) is 0 Å². The molecule has 0 unspecified atom stereocenters. The Balaban J connectivity index is 1.28. The van der Waals surface area contributed by atoms with Crippen LogP contribution in [0.4, 0.5) is 4.79 Å². The summed E-state index contributed by atoms with van der Waals surface area (Å²) < 4.78 is 41.5.